The molecule has 0 spiro atoms. The number of rotatable bonds is 6. The summed E-state index contributed by atoms with van der Waals surface area (Å²) >= 11 is 11.7. The lowest BCUT2D eigenvalue weighted by molar-refractivity contribution is -0.124. The smallest absolute Gasteiger partial charge is 0.340 e. The van der Waals surface area contributed by atoms with Crippen LogP contribution >= 0.6 is 23.2 Å². The van der Waals surface area contributed by atoms with Crippen LogP contribution in [0.25, 0.3) is 0 Å². The summed E-state index contributed by atoms with van der Waals surface area (Å²) in [6.45, 7) is -0.228. The van der Waals surface area contributed by atoms with Crippen molar-refractivity contribution in [3.63, 3.8) is 0 Å². The van der Waals surface area contributed by atoms with Gasteiger partial charge in [-0.25, -0.2) is 9.18 Å². The fraction of sp³-hybridized carbons (Fsp3) is 0.176. The quantitative estimate of drug-likeness (QED) is 0.790. The number of nitrogens with one attached hydrogen (secondary N) is 1. The van der Waals surface area contributed by atoms with E-state index in [2.05, 4.69) is 5.32 Å². The molecule has 0 aliphatic rings. The van der Waals surface area contributed by atoms with Crippen molar-refractivity contribution >= 4 is 35.1 Å². The van der Waals surface area contributed by atoms with Crippen molar-refractivity contribution in [1.82, 2.24) is 5.32 Å². The van der Waals surface area contributed by atoms with Gasteiger partial charge in [0.15, 0.2) is 6.61 Å². The molecule has 1 N–H and O–H groups in total. The Morgan fingerprint density at radius 2 is 1.83 bits per heavy atom. The van der Waals surface area contributed by atoms with E-state index in [0.717, 1.165) is 0 Å². The molecule has 0 heterocycles. The number of halogens is 3. The number of carbonyl (C=O) groups excluding carboxylic acids is 2. The maximum atomic E-state index is 13.4. The van der Waals surface area contributed by atoms with Gasteiger partial charge in [-0.05, 0) is 30.2 Å². The van der Waals surface area contributed by atoms with E-state index in [9.17, 15) is 14.0 Å². The van der Waals surface area contributed by atoms with E-state index in [1.165, 1.54) is 18.2 Å². The third-order valence-electron chi connectivity index (χ3n) is 3.18. The van der Waals surface area contributed by atoms with Gasteiger partial charge in [-0.15, -0.1) is 0 Å². The minimum atomic E-state index is -0.744. The SMILES string of the molecule is O=C(COC(=O)c1cccc(Cl)c1Cl)NCCc1ccccc1F. The standard InChI is InChI=1S/C17H14Cl2FNO3/c18-13-6-3-5-12(16(13)19)17(23)24-10-15(22)21-9-8-11-4-1-2-7-14(11)20/h1-7H,8-10H2,(H,21,22). The summed E-state index contributed by atoms with van der Waals surface area (Å²) in [5.41, 5.74) is 0.587. The van der Waals surface area contributed by atoms with E-state index in [1.807, 2.05) is 0 Å². The van der Waals surface area contributed by atoms with Gasteiger partial charge in [-0.2, -0.15) is 0 Å². The van der Waals surface area contributed by atoms with Crippen LogP contribution in [0.5, 0.6) is 0 Å². The fourth-order valence-electron chi connectivity index (χ4n) is 1.96. The van der Waals surface area contributed by atoms with E-state index >= 15 is 0 Å². The van der Waals surface area contributed by atoms with Gasteiger partial charge in [0.2, 0.25) is 0 Å². The molecule has 2 rings (SSSR count). The number of hydrogen-bond acceptors (Lipinski definition) is 3. The van der Waals surface area contributed by atoms with E-state index in [4.69, 9.17) is 27.9 Å². The molecule has 1 amide bonds. The molecule has 0 aromatic heterocycles. The minimum absolute atomic E-state index is 0.0733. The van der Waals surface area contributed by atoms with Crippen LogP contribution in [-0.4, -0.2) is 25.0 Å². The van der Waals surface area contributed by atoms with Crippen LogP contribution in [-0.2, 0) is 16.0 Å². The molecule has 0 saturated carbocycles. The Kier molecular flexibility index (Phi) is 6.58. The Balaban J connectivity index is 1.78. The number of hydrogen-bond donors (Lipinski definition) is 1. The average Bonchev–Trinajstić information content (AvgIpc) is 2.57. The van der Waals surface area contributed by atoms with Crippen molar-refractivity contribution in [3.05, 3.63) is 69.5 Å². The number of ether oxygens (including phenoxy) is 1. The van der Waals surface area contributed by atoms with Crippen LogP contribution in [0.15, 0.2) is 42.5 Å². The van der Waals surface area contributed by atoms with Crippen molar-refractivity contribution in [2.75, 3.05) is 13.2 Å². The second-order valence-electron chi connectivity index (χ2n) is 4.87. The molecule has 0 unspecified atom stereocenters. The Morgan fingerprint density at radius 1 is 1.08 bits per heavy atom. The van der Waals surface area contributed by atoms with Gasteiger partial charge in [-0.3, -0.25) is 4.79 Å². The van der Waals surface area contributed by atoms with Gasteiger partial charge in [0.25, 0.3) is 5.91 Å². The molecule has 0 aliphatic carbocycles. The summed E-state index contributed by atoms with van der Waals surface area (Å²) in [5, 5.41) is 2.85. The van der Waals surface area contributed by atoms with Crippen LogP contribution in [0, 0.1) is 5.82 Å². The predicted octanol–water partition coefficient (Wildman–Crippen LogP) is 3.65. The summed E-state index contributed by atoms with van der Waals surface area (Å²) in [4.78, 5) is 23.5. The highest BCUT2D eigenvalue weighted by molar-refractivity contribution is 6.43. The fourth-order valence-corrected chi connectivity index (χ4v) is 2.34. The van der Waals surface area contributed by atoms with E-state index in [1.54, 1.807) is 24.3 Å². The Morgan fingerprint density at radius 3 is 2.58 bits per heavy atom. The zero-order valence-corrected chi connectivity index (χ0v) is 14.0. The van der Waals surface area contributed by atoms with Gasteiger partial charge in [0.05, 0.1) is 15.6 Å². The van der Waals surface area contributed by atoms with Gasteiger partial charge in [0.1, 0.15) is 5.82 Å². The van der Waals surface area contributed by atoms with Gasteiger partial charge >= 0.3 is 5.97 Å². The molecule has 0 bridgehead atoms. The number of benzene rings is 2. The lowest BCUT2D eigenvalue weighted by atomic mass is 10.1. The monoisotopic (exact) mass is 369 g/mol. The largest absolute Gasteiger partial charge is 0.452 e. The van der Waals surface area contributed by atoms with Gasteiger partial charge in [0, 0.05) is 6.54 Å². The van der Waals surface area contributed by atoms with E-state index in [0.29, 0.717) is 12.0 Å². The van der Waals surface area contributed by atoms with Crippen molar-refractivity contribution in [3.8, 4) is 0 Å². The van der Waals surface area contributed by atoms with E-state index < -0.39 is 18.5 Å². The molecule has 2 aromatic carbocycles. The normalized spacial score (nSPS) is 10.3. The Labute approximate surface area is 148 Å². The third kappa shape index (κ3) is 4.94. The zero-order chi connectivity index (χ0) is 17.5. The number of carbonyl (C=O) groups is 2. The van der Waals surface area contributed by atoms with Crippen molar-refractivity contribution < 1.29 is 18.7 Å². The van der Waals surface area contributed by atoms with Crippen molar-refractivity contribution in [2.45, 2.75) is 6.42 Å². The van der Waals surface area contributed by atoms with E-state index in [-0.39, 0.29) is 28.0 Å². The molecule has 0 saturated heterocycles. The predicted molar refractivity (Wildman–Crippen MR) is 89.9 cm³/mol. The molecule has 0 radical (unpaired) electrons. The van der Waals surface area contributed by atoms with Crippen LogP contribution in [0.2, 0.25) is 10.0 Å². The van der Waals surface area contributed by atoms with Crippen LogP contribution in [0.4, 0.5) is 4.39 Å². The van der Waals surface area contributed by atoms with Crippen LogP contribution in [0.1, 0.15) is 15.9 Å². The maximum Gasteiger partial charge on any atom is 0.340 e. The first kappa shape index (κ1) is 18.2. The molecule has 0 atom stereocenters. The molecular weight excluding hydrogens is 356 g/mol. The summed E-state index contributed by atoms with van der Waals surface area (Å²) < 4.78 is 18.3. The number of amides is 1. The zero-order valence-electron chi connectivity index (χ0n) is 12.5. The third-order valence-corrected chi connectivity index (χ3v) is 4.00. The second kappa shape index (κ2) is 8.66. The lowest BCUT2D eigenvalue weighted by Gasteiger charge is -2.08. The molecule has 0 fully saturated rings. The highest BCUT2D eigenvalue weighted by atomic mass is 35.5. The van der Waals surface area contributed by atoms with Gasteiger partial charge in [-0.1, -0.05) is 47.5 Å². The highest BCUT2D eigenvalue weighted by Crippen LogP contribution is 2.25. The molecule has 4 nitrogen and oxygen atoms in total. The molecule has 24 heavy (non-hydrogen) atoms. The first-order chi connectivity index (χ1) is 11.5. The lowest BCUT2D eigenvalue weighted by Crippen LogP contribution is -2.30. The second-order valence-corrected chi connectivity index (χ2v) is 5.65. The molecule has 7 heteroatoms. The van der Waals surface area contributed by atoms with Gasteiger partial charge < -0.3 is 10.1 Å². The summed E-state index contributed by atoms with van der Waals surface area (Å²) in [6.07, 6.45) is 0.340. The first-order valence-electron chi connectivity index (χ1n) is 7.10. The number of esters is 1. The van der Waals surface area contributed by atoms with Crippen LogP contribution < -0.4 is 5.32 Å². The van der Waals surface area contributed by atoms with Crippen molar-refractivity contribution in [1.29, 1.82) is 0 Å². The van der Waals surface area contributed by atoms with Crippen molar-refractivity contribution in [2.24, 2.45) is 0 Å². The molecule has 0 aliphatic heterocycles. The highest BCUT2D eigenvalue weighted by Gasteiger charge is 2.15. The Hall–Kier alpha value is -2.11. The summed E-state index contributed by atoms with van der Waals surface area (Å²) in [6, 6.07) is 10.9. The molecular formula is C17H14Cl2FNO3. The topological polar surface area (TPSA) is 55.4 Å². The molecule has 126 valence electrons. The first-order valence-corrected chi connectivity index (χ1v) is 7.86. The Bertz CT molecular complexity index is 752. The summed E-state index contributed by atoms with van der Waals surface area (Å²) in [5.74, 6) is -1.56. The minimum Gasteiger partial charge on any atom is -0.452 e. The average molecular weight is 370 g/mol. The molecule has 2 aromatic rings. The summed E-state index contributed by atoms with van der Waals surface area (Å²) in [7, 11) is 0. The maximum absolute atomic E-state index is 13.4. The van der Waals surface area contributed by atoms with Crippen LogP contribution in [0.3, 0.4) is 0 Å².